The van der Waals surface area contributed by atoms with E-state index in [9.17, 15) is 0 Å². The standard InChI is InChI=1S/C15H24N4O2/c1-5-16-8-11(2)10-21-14-9-17-13(4)19-15(14)18-12(3)6-7-20/h5,8-9,12,20H,6-7,10H2,1-4H3,(H,17,18,19)/b11-8+,16-5-/t12-/m0/s1. The van der Waals surface area contributed by atoms with Crippen molar-refractivity contribution in [1.29, 1.82) is 0 Å². The first-order chi connectivity index (χ1) is 10.1. The van der Waals surface area contributed by atoms with Gasteiger partial charge in [-0.15, -0.1) is 0 Å². The van der Waals surface area contributed by atoms with E-state index in [1.54, 1.807) is 18.6 Å². The van der Waals surface area contributed by atoms with Gasteiger partial charge in [-0.05, 0) is 39.7 Å². The van der Waals surface area contributed by atoms with Gasteiger partial charge in [-0.25, -0.2) is 9.97 Å². The van der Waals surface area contributed by atoms with Crippen molar-refractivity contribution < 1.29 is 9.84 Å². The lowest BCUT2D eigenvalue weighted by Crippen LogP contribution is -2.19. The maximum atomic E-state index is 8.97. The lowest BCUT2D eigenvalue weighted by Gasteiger charge is -2.16. The highest BCUT2D eigenvalue weighted by molar-refractivity contribution is 5.54. The van der Waals surface area contributed by atoms with Crippen molar-refractivity contribution >= 4 is 12.0 Å². The lowest BCUT2D eigenvalue weighted by molar-refractivity contribution is 0.281. The van der Waals surface area contributed by atoms with Crippen LogP contribution in [0.5, 0.6) is 5.75 Å². The molecule has 0 aliphatic carbocycles. The van der Waals surface area contributed by atoms with E-state index in [1.807, 2.05) is 27.7 Å². The Morgan fingerprint density at radius 1 is 1.57 bits per heavy atom. The molecule has 0 saturated carbocycles. The summed E-state index contributed by atoms with van der Waals surface area (Å²) in [6, 6.07) is 0.105. The molecule has 1 atom stereocenters. The van der Waals surface area contributed by atoms with Crippen LogP contribution in [0.1, 0.15) is 33.0 Å². The third-order valence-corrected chi connectivity index (χ3v) is 2.72. The number of aliphatic hydroxyl groups is 1. The van der Waals surface area contributed by atoms with Gasteiger partial charge in [0.1, 0.15) is 12.4 Å². The van der Waals surface area contributed by atoms with Gasteiger partial charge in [0.25, 0.3) is 0 Å². The molecule has 6 nitrogen and oxygen atoms in total. The van der Waals surface area contributed by atoms with Gasteiger partial charge in [0.05, 0.1) is 6.20 Å². The monoisotopic (exact) mass is 292 g/mol. The number of aliphatic hydroxyl groups excluding tert-OH is 1. The molecule has 0 fully saturated rings. The predicted molar refractivity (Wildman–Crippen MR) is 85.0 cm³/mol. The summed E-state index contributed by atoms with van der Waals surface area (Å²) in [5.74, 6) is 1.91. The molecule has 116 valence electrons. The Morgan fingerprint density at radius 2 is 2.33 bits per heavy atom. The van der Waals surface area contributed by atoms with Crippen LogP contribution >= 0.6 is 0 Å². The van der Waals surface area contributed by atoms with E-state index in [0.717, 1.165) is 5.57 Å². The second-order valence-electron chi connectivity index (χ2n) is 4.86. The fraction of sp³-hybridized carbons (Fsp3) is 0.533. The summed E-state index contributed by atoms with van der Waals surface area (Å²) in [6.07, 6.45) is 5.79. The van der Waals surface area contributed by atoms with E-state index in [0.29, 0.717) is 30.4 Å². The van der Waals surface area contributed by atoms with E-state index in [2.05, 4.69) is 20.3 Å². The Morgan fingerprint density at radius 3 is 3.00 bits per heavy atom. The number of aromatic nitrogens is 2. The number of nitrogens with one attached hydrogen (secondary N) is 1. The van der Waals surface area contributed by atoms with Crippen LogP contribution in [0, 0.1) is 6.92 Å². The predicted octanol–water partition coefficient (Wildman–Crippen LogP) is 2.34. The molecule has 1 aromatic heterocycles. The summed E-state index contributed by atoms with van der Waals surface area (Å²) in [4.78, 5) is 12.6. The molecular weight excluding hydrogens is 268 g/mol. The summed E-state index contributed by atoms with van der Waals surface area (Å²) in [7, 11) is 0. The Kier molecular flexibility index (Phi) is 7.39. The number of hydrogen-bond acceptors (Lipinski definition) is 6. The molecule has 21 heavy (non-hydrogen) atoms. The highest BCUT2D eigenvalue weighted by Gasteiger charge is 2.10. The third-order valence-electron chi connectivity index (χ3n) is 2.72. The van der Waals surface area contributed by atoms with Gasteiger partial charge in [-0.2, -0.15) is 0 Å². The van der Waals surface area contributed by atoms with Crippen molar-refractivity contribution in [3.05, 3.63) is 23.8 Å². The van der Waals surface area contributed by atoms with Gasteiger partial charge in [-0.1, -0.05) is 0 Å². The maximum absolute atomic E-state index is 8.97. The Bertz CT molecular complexity index is 500. The zero-order valence-electron chi connectivity index (χ0n) is 13.1. The van der Waals surface area contributed by atoms with Crippen molar-refractivity contribution in [3.63, 3.8) is 0 Å². The second-order valence-corrected chi connectivity index (χ2v) is 4.86. The van der Waals surface area contributed by atoms with Crippen molar-refractivity contribution in [2.75, 3.05) is 18.5 Å². The Balaban J connectivity index is 2.77. The average molecular weight is 292 g/mol. The summed E-state index contributed by atoms with van der Waals surface area (Å²) in [6.45, 7) is 8.18. The first kappa shape index (κ1) is 17.1. The topological polar surface area (TPSA) is 79.6 Å². The van der Waals surface area contributed by atoms with Gasteiger partial charge in [-0.3, -0.25) is 4.99 Å². The van der Waals surface area contributed by atoms with Crippen molar-refractivity contribution in [1.82, 2.24) is 9.97 Å². The third kappa shape index (κ3) is 6.35. The fourth-order valence-electron chi connectivity index (χ4n) is 1.60. The van der Waals surface area contributed by atoms with E-state index in [-0.39, 0.29) is 12.6 Å². The molecule has 0 saturated heterocycles. The average Bonchev–Trinajstić information content (AvgIpc) is 2.44. The van der Waals surface area contributed by atoms with Crippen molar-refractivity contribution in [2.45, 2.75) is 40.2 Å². The lowest BCUT2D eigenvalue weighted by atomic mass is 10.2. The highest BCUT2D eigenvalue weighted by Crippen LogP contribution is 2.22. The van der Waals surface area contributed by atoms with Crippen LogP contribution in [0.15, 0.2) is 23.0 Å². The second kappa shape index (κ2) is 9.07. The number of nitrogens with zero attached hydrogens (tertiary/aromatic N) is 3. The largest absolute Gasteiger partial charge is 0.484 e. The molecule has 2 N–H and O–H groups in total. The number of aryl methyl sites for hydroxylation is 1. The van der Waals surface area contributed by atoms with Gasteiger partial charge in [0.2, 0.25) is 0 Å². The van der Waals surface area contributed by atoms with Crippen molar-refractivity contribution in [2.24, 2.45) is 4.99 Å². The molecule has 1 heterocycles. The molecule has 6 heteroatoms. The molecule has 0 aliphatic rings. The molecule has 0 radical (unpaired) electrons. The van der Waals surface area contributed by atoms with E-state index in [4.69, 9.17) is 9.84 Å². The number of anilines is 1. The summed E-state index contributed by atoms with van der Waals surface area (Å²) >= 11 is 0. The smallest absolute Gasteiger partial charge is 0.180 e. The van der Waals surface area contributed by atoms with Crippen LogP contribution in [0.2, 0.25) is 0 Å². The van der Waals surface area contributed by atoms with Crippen LogP contribution in [0.4, 0.5) is 5.82 Å². The van der Waals surface area contributed by atoms with Gasteiger partial charge in [0, 0.05) is 25.1 Å². The zero-order chi connectivity index (χ0) is 15.7. The van der Waals surface area contributed by atoms with Crippen LogP contribution < -0.4 is 10.1 Å². The minimum atomic E-state index is 0.105. The number of ether oxygens (including phenoxy) is 1. The molecule has 0 aromatic carbocycles. The minimum absolute atomic E-state index is 0.105. The fourth-order valence-corrected chi connectivity index (χ4v) is 1.60. The first-order valence-corrected chi connectivity index (χ1v) is 7.04. The molecule has 1 rings (SSSR count). The number of aliphatic imine (C=N–C) groups is 1. The van der Waals surface area contributed by atoms with Crippen LogP contribution in [0.3, 0.4) is 0 Å². The van der Waals surface area contributed by atoms with Gasteiger partial charge < -0.3 is 15.2 Å². The van der Waals surface area contributed by atoms with E-state index >= 15 is 0 Å². The van der Waals surface area contributed by atoms with Gasteiger partial charge >= 0.3 is 0 Å². The summed E-state index contributed by atoms with van der Waals surface area (Å²) in [5, 5.41) is 12.2. The van der Waals surface area contributed by atoms with Crippen LogP contribution in [-0.2, 0) is 0 Å². The number of rotatable bonds is 8. The molecule has 0 bridgehead atoms. The van der Waals surface area contributed by atoms with Crippen molar-refractivity contribution in [3.8, 4) is 5.75 Å². The van der Waals surface area contributed by atoms with Crippen LogP contribution in [0.25, 0.3) is 0 Å². The first-order valence-electron chi connectivity index (χ1n) is 7.04. The van der Waals surface area contributed by atoms with E-state index in [1.165, 1.54) is 0 Å². The molecule has 0 amide bonds. The normalized spacial score (nSPS) is 13.5. The Labute approximate surface area is 126 Å². The highest BCUT2D eigenvalue weighted by atomic mass is 16.5. The van der Waals surface area contributed by atoms with E-state index < -0.39 is 0 Å². The molecular formula is C15H24N4O2. The summed E-state index contributed by atoms with van der Waals surface area (Å²) < 4.78 is 5.74. The molecule has 0 unspecified atom stereocenters. The van der Waals surface area contributed by atoms with Gasteiger partial charge in [0.15, 0.2) is 11.6 Å². The van der Waals surface area contributed by atoms with Crippen LogP contribution in [-0.4, -0.2) is 40.5 Å². The Hall–Kier alpha value is -1.95. The zero-order valence-corrected chi connectivity index (χ0v) is 13.1. The molecule has 0 spiro atoms. The molecule has 1 aromatic rings. The minimum Gasteiger partial charge on any atom is -0.484 e. The SMILES string of the molecule is C/C=N\C=C(/C)COc1cnc(C)nc1N[C@@H](C)CCO. The quantitative estimate of drug-likeness (QED) is 0.719. The molecule has 0 aliphatic heterocycles. The summed E-state index contributed by atoms with van der Waals surface area (Å²) in [5.41, 5.74) is 1.00. The maximum Gasteiger partial charge on any atom is 0.180 e. The number of hydrogen-bond donors (Lipinski definition) is 2.